The lowest BCUT2D eigenvalue weighted by Crippen LogP contribution is -2.03. The number of carbonyl (C=O) groups is 1. The van der Waals surface area contributed by atoms with Gasteiger partial charge in [-0.15, -0.1) is 11.3 Å². The van der Waals surface area contributed by atoms with Crippen molar-refractivity contribution in [3.63, 3.8) is 0 Å². The number of benzene rings is 1. The van der Waals surface area contributed by atoms with Gasteiger partial charge in [0.15, 0.2) is 5.78 Å². The van der Waals surface area contributed by atoms with Crippen molar-refractivity contribution in [1.82, 2.24) is 14.8 Å². The molecule has 0 radical (unpaired) electrons. The largest absolute Gasteiger partial charge is 0.493 e. The SMILES string of the molecule is COCc1nc2c(C)c(C(=O)c3cnn(C)c3O)ccc2s1. The second kappa shape index (κ2) is 5.51. The van der Waals surface area contributed by atoms with Gasteiger partial charge in [-0.1, -0.05) is 0 Å². The van der Waals surface area contributed by atoms with Gasteiger partial charge in [0.25, 0.3) is 0 Å². The summed E-state index contributed by atoms with van der Waals surface area (Å²) in [6, 6.07) is 3.64. The topological polar surface area (TPSA) is 77.2 Å². The zero-order chi connectivity index (χ0) is 15.9. The molecular weight excluding hydrogens is 302 g/mol. The van der Waals surface area contributed by atoms with Crippen molar-refractivity contribution in [2.75, 3.05) is 7.11 Å². The molecule has 0 bridgehead atoms. The molecule has 1 N–H and O–H groups in total. The van der Waals surface area contributed by atoms with E-state index in [0.717, 1.165) is 20.8 Å². The number of fused-ring (bicyclic) bond motifs is 1. The number of hydrogen-bond donors (Lipinski definition) is 1. The van der Waals surface area contributed by atoms with Crippen LogP contribution in [0.25, 0.3) is 10.2 Å². The molecular formula is C15H15N3O3S. The van der Waals surface area contributed by atoms with E-state index in [1.165, 1.54) is 10.9 Å². The summed E-state index contributed by atoms with van der Waals surface area (Å²) in [5, 5.41) is 14.7. The lowest BCUT2D eigenvalue weighted by atomic mass is 10.00. The Morgan fingerprint density at radius 1 is 1.41 bits per heavy atom. The molecule has 0 aliphatic heterocycles. The molecule has 22 heavy (non-hydrogen) atoms. The van der Waals surface area contributed by atoms with Gasteiger partial charge in [-0.05, 0) is 24.6 Å². The van der Waals surface area contributed by atoms with Crippen molar-refractivity contribution < 1.29 is 14.6 Å². The Kier molecular flexibility index (Phi) is 3.67. The minimum absolute atomic E-state index is 0.136. The highest BCUT2D eigenvalue weighted by Crippen LogP contribution is 2.29. The number of thiazole rings is 1. The van der Waals surface area contributed by atoms with Crippen LogP contribution >= 0.6 is 11.3 Å². The first-order valence-electron chi connectivity index (χ1n) is 6.66. The number of aromatic hydroxyl groups is 1. The van der Waals surface area contributed by atoms with E-state index in [1.807, 2.05) is 13.0 Å². The molecule has 0 saturated carbocycles. The molecule has 0 saturated heterocycles. The van der Waals surface area contributed by atoms with Crippen LogP contribution in [0.15, 0.2) is 18.3 Å². The monoisotopic (exact) mass is 317 g/mol. The van der Waals surface area contributed by atoms with Gasteiger partial charge < -0.3 is 9.84 Å². The molecule has 0 spiro atoms. The van der Waals surface area contributed by atoms with Crippen LogP contribution in [0.5, 0.6) is 5.88 Å². The molecule has 0 atom stereocenters. The molecule has 114 valence electrons. The van der Waals surface area contributed by atoms with E-state index in [4.69, 9.17) is 4.74 Å². The highest BCUT2D eigenvalue weighted by atomic mass is 32.1. The van der Waals surface area contributed by atoms with Crippen molar-refractivity contribution in [1.29, 1.82) is 0 Å². The lowest BCUT2D eigenvalue weighted by molar-refractivity contribution is 0.103. The fraction of sp³-hybridized carbons (Fsp3) is 0.267. The Balaban J connectivity index is 2.09. The maximum absolute atomic E-state index is 12.6. The van der Waals surface area contributed by atoms with E-state index in [9.17, 15) is 9.90 Å². The number of nitrogens with zero attached hydrogens (tertiary/aromatic N) is 3. The molecule has 1 aromatic carbocycles. The van der Waals surface area contributed by atoms with Gasteiger partial charge in [0, 0.05) is 19.7 Å². The van der Waals surface area contributed by atoms with Crippen molar-refractivity contribution in [3.05, 3.63) is 40.0 Å². The second-order valence-electron chi connectivity index (χ2n) is 4.96. The van der Waals surface area contributed by atoms with Gasteiger partial charge in [-0.25, -0.2) is 9.67 Å². The first-order chi connectivity index (χ1) is 10.5. The Hall–Kier alpha value is -2.25. The van der Waals surface area contributed by atoms with Crippen LogP contribution in [0.2, 0.25) is 0 Å². The number of rotatable bonds is 4. The van der Waals surface area contributed by atoms with Crippen molar-refractivity contribution in [2.45, 2.75) is 13.5 Å². The fourth-order valence-corrected chi connectivity index (χ4v) is 3.34. The summed E-state index contributed by atoms with van der Waals surface area (Å²) in [6.07, 6.45) is 1.37. The average Bonchev–Trinajstić information content (AvgIpc) is 3.04. The van der Waals surface area contributed by atoms with E-state index in [-0.39, 0.29) is 17.2 Å². The molecule has 7 heteroatoms. The highest BCUT2D eigenvalue weighted by Gasteiger charge is 2.21. The molecule has 0 aliphatic carbocycles. The molecule has 0 aliphatic rings. The van der Waals surface area contributed by atoms with E-state index < -0.39 is 0 Å². The zero-order valence-corrected chi connectivity index (χ0v) is 13.3. The minimum Gasteiger partial charge on any atom is -0.493 e. The summed E-state index contributed by atoms with van der Waals surface area (Å²) in [4.78, 5) is 17.1. The van der Waals surface area contributed by atoms with Crippen molar-refractivity contribution >= 4 is 27.3 Å². The number of carbonyl (C=O) groups excluding carboxylic acids is 1. The summed E-state index contributed by atoms with van der Waals surface area (Å²) in [6.45, 7) is 2.31. The van der Waals surface area contributed by atoms with Gasteiger partial charge in [0.1, 0.15) is 10.6 Å². The van der Waals surface area contributed by atoms with Crippen LogP contribution in [-0.4, -0.2) is 32.8 Å². The third-order valence-electron chi connectivity index (χ3n) is 3.52. The van der Waals surface area contributed by atoms with Crippen molar-refractivity contribution in [2.24, 2.45) is 7.05 Å². The maximum Gasteiger partial charge on any atom is 0.220 e. The van der Waals surface area contributed by atoms with Crippen LogP contribution in [0.1, 0.15) is 26.5 Å². The zero-order valence-electron chi connectivity index (χ0n) is 12.5. The Morgan fingerprint density at radius 2 is 2.18 bits per heavy atom. The van der Waals surface area contributed by atoms with Crippen LogP contribution in [0, 0.1) is 6.92 Å². The molecule has 0 amide bonds. The van der Waals surface area contributed by atoms with E-state index in [1.54, 1.807) is 31.6 Å². The van der Waals surface area contributed by atoms with Crippen LogP contribution in [-0.2, 0) is 18.4 Å². The number of aryl methyl sites for hydroxylation is 2. The van der Waals surface area contributed by atoms with Gasteiger partial charge >= 0.3 is 0 Å². The summed E-state index contributed by atoms with van der Waals surface area (Å²) in [5.74, 6) is -0.394. The first-order valence-corrected chi connectivity index (χ1v) is 7.48. The minimum atomic E-state index is -0.258. The summed E-state index contributed by atoms with van der Waals surface area (Å²) in [7, 11) is 3.21. The number of ether oxygens (including phenoxy) is 1. The van der Waals surface area contributed by atoms with Crippen molar-refractivity contribution in [3.8, 4) is 5.88 Å². The van der Waals surface area contributed by atoms with Crippen LogP contribution in [0.3, 0.4) is 0 Å². The quantitative estimate of drug-likeness (QED) is 0.748. The van der Waals surface area contributed by atoms with Gasteiger partial charge in [-0.3, -0.25) is 4.79 Å². The third kappa shape index (κ3) is 2.28. The second-order valence-corrected chi connectivity index (χ2v) is 6.08. The number of hydrogen-bond acceptors (Lipinski definition) is 6. The molecule has 3 aromatic rings. The molecule has 2 heterocycles. The van der Waals surface area contributed by atoms with Gasteiger partial charge in [0.2, 0.25) is 5.88 Å². The number of ketones is 1. The van der Waals surface area contributed by atoms with Crippen LogP contribution in [0.4, 0.5) is 0 Å². The number of aromatic nitrogens is 3. The summed E-state index contributed by atoms with van der Waals surface area (Å²) >= 11 is 1.55. The normalized spacial score (nSPS) is 11.2. The molecule has 2 aromatic heterocycles. The molecule has 0 fully saturated rings. The number of methoxy groups -OCH3 is 1. The van der Waals surface area contributed by atoms with E-state index in [2.05, 4.69) is 10.1 Å². The van der Waals surface area contributed by atoms with E-state index >= 15 is 0 Å². The lowest BCUT2D eigenvalue weighted by Gasteiger charge is -2.04. The Bertz CT molecular complexity index is 866. The first kappa shape index (κ1) is 14.7. The molecule has 6 nitrogen and oxygen atoms in total. The molecule has 0 unspecified atom stereocenters. The smallest absolute Gasteiger partial charge is 0.220 e. The summed E-state index contributed by atoms with van der Waals surface area (Å²) < 4.78 is 7.37. The van der Waals surface area contributed by atoms with Gasteiger partial charge in [0.05, 0.1) is 23.0 Å². The average molecular weight is 317 g/mol. The van der Waals surface area contributed by atoms with Gasteiger partial charge in [-0.2, -0.15) is 5.10 Å². The standard InChI is InChI=1S/C15H15N3O3S/c1-8-9(14(19)10-6-16-18(2)15(10)20)4-5-11-13(8)17-12(22-11)7-21-3/h4-6,20H,7H2,1-3H3. The fourth-order valence-electron chi connectivity index (χ4n) is 2.34. The summed E-state index contributed by atoms with van der Waals surface area (Å²) in [5.41, 5.74) is 2.30. The molecule has 3 rings (SSSR count). The Morgan fingerprint density at radius 3 is 2.82 bits per heavy atom. The third-order valence-corrected chi connectivity index (χ3v) is 4.52. The maximum atomic E-state index is 12.6. The Labute approximate surface area is 131 Å². The van der Waals surface area contributed by atoms with E-state index in [0.29, 0.717) is 12.2 Å². The van der Waals surface area contributed by atoms with Crippen LogP contribution < -0.4 is 0 Å². The predicted octanol–water partition coefficient (Wildman–Crippen LogP) is 2.42. The highest BCUT2D eigenvalue weighted by molar-refractivity contribution is 7.18. The predicted molar refractivity (Wildman–Crippen MR) is 83.4 cm³/mol.